The first kappa shape index (κ1) is 10.5. The standard InChI is InChI=1S/C9H14BrN3/c1-6(11)5-12-9-4-3-8(10)7(2)13-9/h3-4,6H,5,11H2,1-2H3,(H,12,13). The maximum absolute atomic E-state index is 5.61. The summed E-state index contributed by atoms with van der Waals surface area (Å²) in [5.74, 6) is 0.873. The molecule has 0 saturated heterocycles. The Balaban J connectivity index is 2.63. The van der Waals surface area contributed by atoms with Gasteiger partial charge in [-0.15, -0.1) is 0 Å². The molecule has 0 aromatic carbocycles. The van der Waals surface area contributed by atoms with Gasteiger partial charge in [-0.1, -0.05) is 0 Å². The summed E-state index contributed by atoms with van der Waals surface area (Å²) in [5, 5.41) is 3.16. The van der Waals surface area contributed by atoms with Crippen LogP contribution in [-0.2, 0) is 0 Å². The van der Waals surface area contributed by atoms with E-state index in [9.17, 15) is 0 Å². The van der Waals surface area contributed by atoms with Gasteiger partial charge in [-0.05, 0) is 41.9 Å². The second kappa shape index (κ2) is 4.58. The topological polar surface area (TPSA) is 50.9 Å². The van der Waals surface area contributed by atoms with Crippen molar-refractivity contribution in [1.82, 2.24) is 4.98 Å². The molecule has 0 spiro atoms. The highest BCUT2D eigenvalue weighted by atomic mass is 79.9. The lowest BCUT2D eigenvalue weighted by atomic mass is 10.3. The highest BCUT2D eigenvalue weighted by Crippen LogP contribution is 2.15. The first-order valence-electron chi connectivity index (χ1n) is 4.22. The van der Waals surface area contributed by atoms with Crippen LogP contribution in [0.3, 0.4) is 0 Å². The zero-order chi connectivity index (χ0) is 9.84. The van der Waals surface area contributed by atoms with Gasteiger partial charge in [0.05, 0.1) is 5.69 Å². The van der Waals surface area contributed by atoms with Gasteiger partial charge in [0, 0.05) is 17.1 Å². The van der Waals surface area contributed by atoms with Gasteiger partial charge in [0.15, 0.2) is 0 Å². The summed E-state index contributed by atoms with van der Waals surface area (Å²) in [5.41, 5.74) is 6.59. The zero-order valence-electron chi connectivity index (χ0n) is 7.84. The van der Waals surface area contributed by atoms with E-state index in [2.05, 4.69) is 26.2 Å². The van der Waals surface area contributed by atoms with Gasteiger partial charge in [-0.3, -0.25) is 0 Å². The number of nitrogens with zero attached hydrogens (tertiary/aromatic N) is 1. The maximum atomic E-state index is 5.61. The van der Waals surface area contributed by atoms with Gasteiger partial charge in [0.25, 0.3) is 0 Å². The van der Waals surface area contributed by atoms with Crippen molar-refractivity contribution in [3.05, 3.63) is 22.3 Å². The van der Waals surface area contributed by atoms with Crippen LogP contribution < -0.4 is 11.1 Å². The summed E-state index contributed by atoms with van der Waals surface area (Å²) < 4.78 is 1.03. The first-order valence-corrected chi connectivity index (χ1v) is 5.01. The summed E-state index contributed by atoms with van der Waals surface area (Å²) in [7, 11) is 0. The fourth-order valence-corrected chi connectivity index (χ4v) is 1.13. The van der Waals surface area contributed by atoms with Crippen LogP contribution in [0.5, 0.6) is 0 Å². The summed E-state index contributed by atoms with van der Waals surface area (Å²) in [4.78, 5) is 4.33. The minimum Gasteiger partial charge on any atom is -0.369 e. The summed E-state index contributed by atoms with van der Waals surface area (Å²) in [6.45, 7) is 4.66. The predicted octanol–water partition coefficient (Wildman–Crippen LogP) is 1.91. The molecule has 0 radical (unpaired) electrons. The third-order valence-electron chi connectivity index (χ3n) is 1.63. The zero-order valence-corrected chi connectivity index (χ0v) is 9.43. The van der Waals surface area contributed by atoms with Crippen LogP contribution in [-0.4, -0.2) is 17.6 Å². The van der Waals surface area contributed by atoms with Crippen LogP contribution in [0, 0.1) is 6.92 Å². The van der Waals surface area contributed by atoms with Crippen molar-refractivity contribution in [2.75, 3.05) is 11.9 Å². The fourth-order valence-electron chi connectivity index (χ4n) is 0.908. The quantitative estimate of drug-likeness (QED) is 0.853. The van der Waals surface area contributed by atoms with E-state index >= 15 is 0 Å². The van der Waals surface area contributed by atoms with Crippen LogP contribution in [0.4, 0.5) is 5.82 Å². The Kier molecular flexibility index (Phi) is 3.69. The number of aryl methyl sites for hydroxylation is 1. The Morgan fingerprint density at radius 1 is 1.62 bits per heavy atom. The molecule has 1 rings (SSSR count). The molecule has 4 heteroatoms. The van der Waals surface area contributed by atoms with Crippen molar-refractivity contribution in [3.8, 4) is 0 Å². The Labute approximate surface area is 86.9 Å². The molecule has 3 nitrogen and oxygen atoms in total. The highest BCUT2D eigenvalue weighted by Gasteiger charge is 1.99. The monoisotopic (exact) mass is 243 g/mol. The van der Waals surface area contributed by atoms with Crippen molar-refractivity contribution < 1.29 is 0 Å². The van der Waals surface area contributed by atoms with E-state index in [4.69, 9.17) is 5.73 Å². The number of nitrogens with two attached hydrogens (primary N) is 1. The van der Waals surface area contributed by atoms with E-state index in [1.54, 1.807) is 0 Å². The molecule has 1 heterocycles. The average molecular weight is 244 g/mol. The lowest BCUT2D eigenvalue weighted by Crippen LogP contribution is -2.25. The molecule has 1 atom stereocenters. The number of hydrogen-bond acceptors (Lipinski definition) is 3. The van der Waals surface area contributed by atoms with Crippen molar-refractivity contribution in [2.24, 2.45) is 5.73 Å². The summed E-state index contributed by atoms with van der Waals surface area (Å²) >= 11 is 3.39. The van der Waals surface area contributed by atoms with Crippen LogP contribution >= 0.6 is 15.9 Å². The van der Waals surface area contributed by atoms with Gasteiger partial charge in [-0.2, -0.15) is 0 Å². The van der Waals surface area contributed by atoms with E-state index in [1.807, 2.05) is 26.0 Å². The molecule has 13 heavy (non-hydrogen) atoms. The maximum Gasteiger partial charge on any atom is 0.126 e. The number of rotatable bonds is 3. The molecule has 0 amide bonds. The van der Waals surface area contributed by atoms with Gasteiger partial charge < -0.3 is 11.1 Å². The third kappa shape index (κ3) is 3.32. The molecule has 1 aromatic rings. The Hall–Kier alpha value is -0.610. The lowest BCUT2D eigenvalue weighted by Gasteiger charge is -2.08. The Morgan fingerprint density at radius 2 is 2.31 bits per heavy atom. The van der Waals surface area contributed by atoms with Crippen molar-refractivity contribution in [3.63, 3.8) is 0 Å². The molecule has 72 valence electrons. The van der Waals surface area contributed by atoms with E-state index in [0.29, 0.717) is 0 Å². The van der Waals surface area contributed by atoms with E-state index in [0.717, 1.165) is 22.5 Å². The minimum atomic E-state index is 0.144. The van der Waals surface area contributed by atoms with Gasteiger partial charge in [0.2, 0.25) is 0 Å². The summed E-state index contributed by atoms with van der Waals surface area (Å²) in [6.07, 6.45) is 0. The molecule has 1 unspecified atom stereocenters. The van der Waals surface area contributed by atoms with Crippen LogP contribution in [0.25, 0.3) is 0 Å². The van der Waals surface area contributed by atoms with E-state index in [1.165, 1.54) is 0 Å². The SMILES string of the molecule is Cc1nc(NCC(C)N)ccc1Br. The molecule has 0 fully saturated rings. The Morgan fingerprint density at radius 3 is 2.85 bits per heavy atom. The second-order valence-corrected chi connectivity index (χ2v) is 3.98. The molecular formula is C9H14BrN3. The number of pyridine rings is 1. The normalized spacial score (nSPS) is 12.6. The van der Waals surface area contributed by atoms with Crippen LogP contribution in [0.2, 0.25) is 0 Å². The lowest BCUT2D eigenvalue weighted by molar-refractivity contribution is 0.777. The molecule has 1 aromatic heterocycles. The molecule has 0 aliphatic heterocycles. The highest BCUT2D eigenvalue weighted by molar-refractivity contribution is 9.10. The van der Waals surface area contributed by atoms with Crippen LogP contribution in [0.15, 0.2) is 16.6 Å². The van der Waals surface area contributed by atoms with Gasteiger partial charge in [-0.25, -0.2) is 4.98 Å². The van der Waals surface area contributed by atoms with Gasteiger partial charge >= 0.3 is 0 Å². The third-order valence-corrected chi connectivity index (χ3v) is 2.46. The number of anilines is 1. The smallest absolute Gasteiger partial charge is 0.126 e. The average Bonchev–Trinajstić information content (AvgIpc) is 2.07. The molecule has 0 aliphatic rings. The number of nitrogens with one attached hydrogen (secondary N) is 1. The number of halogens is 1. The number of aromatic nitrogens is 1. The second-order valence-electron chi connectivity index (χ2n) is 3.12. The predicted molar refractivity (Wildman–Crippen MR) is 58.8 cm³/mol. The van der Waals surface area contributed by atoms with E-state index < -0.39 is 0 Å². The molecule has 0 aliphatic carbocycles. The van der Waals surface area contributed by atoms with Crippen molar-refractivity contribution in [2.45, 2.75) is 19.9 Å². The molecule has 3 N–H and O–H groups in total. The summed E-state index contributed by atoms with van der Waals surface area (Å²) in [6, 6.07) is 4.05. The minimum absolute atomic E-state index is 0.144. The van der Waals surface area contributed by atoms with Crippen molar-refractivity contribution >= 4 is 21.7 Å². The Bertz CT molecular complexity index is 286. The number of hydrogen-bond donors (Lipinski definition) is 2. The van der Waals surface area contributed by atoms with E-state index in [-0.39, 0.29) is 6.04 Å². The van der Waals surface area contributed by atoms with Crippen molar-refractivity contribution in [1.29, 1.82) is 0 Å². The van der Waals surface area contributed by atoms with Gasteiger partial charge in [0.1, 0.15) is 5.82 Å². The largest absolute Gasteiger partial charge is 0.369 e. The molecular weight excluding hydrogens is 230 g/mol. The molecule has 0 bridgehead atoms. The fraction of sp³-hybridized carbons (Fsp3) is 0.444. The van der Waals surface area contributed by atoms with Crippen LogP contribution in [0.1, 0.15) is 12.6 Å². The molecule has 0 saturated carbocycles. The first-order chi connectivity index (χ1) is 6.09.